The normalized spacial score (nSPS) is 11.4. The van der Waals surface area contributed by atoms with Crippen molar-refractivity contribution in [1.29, 1.82) is 0 Å². The number of aryl methyl sites for hydroxylation is 1. The van der Waals surface area contributed by atoms with Gasteiger partial charge < -0.3 is 10.6 Å². The van der Waals surface area contributed by atoms with Crippen molar-refractivity contribution in [2.24, 2.45) is 5.41 Å². The van der Waals surface area contributed by atoms with E-state index in [1.54, 1.807) is 0 Å². The Labute approximate surface area is 111 Å². The zero-order valence-electron chi connectivity index (χ0n) is 10.7. The third-order valence-corrected chi connectivity index (χ3v) is 3.16. The Balaban J connectivity index is 2.81. The lowest BCUT2D eigenvalue weighted by atomic mass is 9.92. The zero-order valence-corrected chi connectivity index (χ0v) is 12.3. The topological polar surface area (TPSA) is 41.1 Å². The van der Waals surface area contributed by atoms with E-state index in [1.165, 1.54) is 0 Å². The lowest BCUT2D eigenvalue weighted by Crippen LogP contribution is -2.38. The van der Waals surface area contributed by atoms with Crippen LogP contribution in [-0.2, 0) is 4.79 Å². The molecule has 0 bridgehead atoms. The minimum absolute atomic E-state index is 0.0253. The molecule has 0 unspecified atom stereocenters. The van der Waals surface area contributed by atoms with E-state index >= 15 is 0 Å². The molecule has 1 amide bonds. The molecular formula is C13H19BrN2O. The second-order valence-corrected chi connectivity index (χ2v) is 5.74. The molecule has 0 atom stereocenters. The predicted octanol–water partition coefficient (Wildman–Crippen LogP) is 2.94. The Morgan fingerprint density at radius 1 is 1.41 bits per heavy atom. The molecule has 0 aliphatic rings. The van der Waals surface area contributed by atoms with Crippen LogP contribution in [0.15, 0.2) is 22.7 Å². The minimum Gasteiger partial charge on any atom is -0.325 e. The highest BCUT2D eigenvalue weighted by Gasteiger charge is 2.26. The van der Waals surface area contributed by atoms with Gasteiger partial charge in [-0.25, -0.2) is 0 Å². The van der Waals surface area contributed by atoms with Gasteiger partial charge in [0.1, 0.15) is 0 Å². The van der Waals surface area contributed by atoms with Gasteiger partial charge >= 0.3 is 0 Å². The maximum absolute atomic E-state index is 12.1. The summed E-state index contributed by atoms with van der Waals surface area (Å²) in [5.41, 5.74) is 1.49. The fraction of sp³-hybridized carbons (Fsp3) is 0.462. The van der Waals surface area contributed by atoms with Gasteiger partial charge in [-0.05, 0) is 51.6 Å². The number of carbonyl (C=O) groups excluding carboxylic acids is 1. The summed E-state index contributed by atoms with van der Waals surface area (Å²) >= 11 is 3.40. The number of hydrogen-bond donors (Lipinski definition) is 2. The summed E-state index contributed by atoms with van der Waals surface area (Å²) in [5.74, 6) is 0.0253. The van der Waals surface area contributed by atoms with Crippen LogP contribution in [0.4, 0.5) is 5.69 Å². The van der Waals surface area contributed by atoms with Gasteiger partial charge in [0.15, 0.2) is 0 Å². The third-order valence-electron chi connectivity index (χ3n) is 2.67. The molecule has 0 radical (unpaired) electrons. The second kappa shape index (κ2) is 5.65. The fourth-order valence-corrected chi connectivity index (χ4v) is 2.06. The molecule has 0 aromatic heterocycles. The molecule has 0 saturated carbocycles. The summed E-state index contributed by atoms with van der Waals surface area (Å²) in [4.78, 5) is 12.1. The van der Waals surface area contributed by atoms with Crippen molar-refractivity contribution < 1.29 is 4.79 Å². The number of amides is 1. The number of hydrogen-bond acceptors (Lipinski definition) is 2. The van der Waals surface area contributed by atoms with Gasteiger partial charge in [-0.15, -0.1) is 0 Å². The van der Waals surface area contributed by atoms with E-state index in [9.17, 15) is 4.79 Å². The maximum Gasteiger partial charge on any atom is 0.231 e. The molecule has 0 saturated heterocycles. The van der Waals surface area contributed by atoms with E-state index in [0.29, 0.717) is 6.54 Å². The molecule has 4 heteroatoms. The van der Waals surface area contributed by atoms with Gasteiger partial charge in [0.2, 0.25) is 5.91 Å². The smallest absolute Gasteiger partial charge is 0.231 e. The number of carbonyl (C=O) groups is 1. The first kappa shape index (κ1) is 14.2. The van der Waals surface area contributed by atoms with Gasteiger partial charge in [-0.2, -0.15) is 0 Å². The fourth-order valence-electron chi connectivity index (χ4n) is 1.58. The Hall–Kier alpha value is -0.870. The number of nitrogens with one attached hydrogen (secondary N) is 2. The minimum atomic E-state index is -0.422. The zero-order chi connectivity index (χ0) is 13.1. The van der Waals surface area contributed by atoms with Crippen LogP contribution in [0.2, 0.25) is 0 Å². The van der Waals surface area contributed by atoms with Gasteiger partial charge in [0, 0.05) is 16.7 Å². The van der Waals surface area contributed by atoms with Crippen LogP contribution in [0.1, 0.15) is 19.4 Å². The van der Waals surface area contributed by atoms with E-state index in [0.717, 1.165) is 15.7 Å². The first-order chi connectivity index (χ1) is 7.86. The van der Waals surface area contributed by atoms with Crippen LogP contribution in [0.5, 0.6) is 0 Å². The Morgan fingerprint density at radius 3 is 2.59 bits per heavy atom. The van der Waals surface area contributed by atoms with Crippen LogP contribution in [-0.4, -0.2) is 19.5 Å². The Morgan fingerprint density at radius 2 is 2.06 bits per heavy atom. The average Bonchev–Trinajstić information content (AvgIpc) is 2.22. The van der Waals surface area contributed by atoms with Crippen LogP contribution >= 0.6 is 15.9 Å². The molecule has 0 fully saturated rings. The SMILES string of the molecule is CNCC(C)(C)C(=O)Nc1ccc(Br)cc1C. The van der Waals surface area contributed by atoms with E-state index in [4.69, 9.17) is 0 Å². The van der Waals surface area contributed by atoms with Crippen LogP contribution in [0.25, 0.3) is 0 Å². The summed E-state index contributed by atoms with van der Waals surface area (Å²) in [7, 11) is 1.85. The van der Waals surface area contributed by atoms with Crippen molar-refractivity contribution in [2.75, 3.05) is 18.9 Å². The number of halogens is 1. The highest BCUT2D eigenvalue weighted by molar-refractivity contribution is 9.10. The number of rotatable bonds is 4. The summed E-state index contributed by atoms with van der Waals surface area (Å²) in [5, 5.41) is 5.99. The molecule has 3 nitrogen and oxygen atoms in total. The molecule has 0 heterocycles. The highest BCUT2D eigenvalue weighted by atomic mass is 79.9. The summed E-state index contributed by atoms with van der Waals surface area (Å²) < 4.78 is 1.02. The van der Waals surface area contributed by atoms with Gasteiger partial charge in [0.05, 0.1) is 5.41 Å². The van der Waals surface area contributed by atoms with Gasteiger partial charge in [0.25, 0.3) is 0 Å². The van der Waals surface area contributed by atoms with E-state index in [2.05, 4.69) is 26.6 Å². The van der Waals surface area contributed by atoms with Crippen molar-refractivity contribution in [3.63, 3.8) is 0 Å². The van der Waals surface area contributed by atoms with Crippen molar-refractivity contribution in [3.05, 3.63) is 28.2 Å². The highest BCUT2D eigenvalue weighted by Crippen LogP contribution is 2.23. The van der Waals surface area contributed by atoms with Crippen LogP contribution in [0, 0.1) is 12.3 Å². The molecule has 1 rings (SSSR count). The Kier molecular flexibility index (Phi) is 4.71. The maximum atomic E-state index is 12.1. The molecule has 1 aromatic rings. The predicted molar refractivity (Wildman–Crippen MR) is 75.2 cm³/mol. The first-order valence-electron chi connectivity index (χ1n) is 5.59. The van der Waals surface area contributed by atoms with E-state index < -0.39 is 5.41 Å². The van der Waals surface area contributed by atoms with Crippen molar-refractivity contribution >= 4 is 27.5 Å². The third kappa shape index (κ3) is 3.82. The standard InChI is InChI=1S/C13H19BrN2O/c1-9-7-10(14)5-6-11(9)16-12(17)13(2,3)8-15-4/h5-7,15H,8H2,1-4H3,(H,16,17). The number of benzene rings is 1. The van der Waals surface area contributed by atoms with Crippen molar-refractivity contribution in [2.45, 2.75) is 20.8 Å². The van der Waals surface area contributed by atoms with E-state index in [1.807, 2.05) is 46.0 Å². The van der Waals surface area contributed by atoms with Gasteiger partial charge in [-0.1, -0.05) is 15.9 Å². The molecule has 2 N–H and O–H groups in total. The summed E-state index contributed by atoms with van der Waals surface area (Å²) in [6, 6.07) is 5.82. The van der Waals surface area contributed by atoms with Crippen molar-refractivity contribution in [3.8, 4) is 0 Å². The molecule has 0 aliphatic carbocycles. The molecule has 0 aliphatic heterocycles. The quantitative estimate of drug-likeness (QED) is 0.897. The summed E-state index contributed by atoms with van der Waals surface area (Å²) in [6.45, 7) is 6.47. The molecule has 17 heavy (non-hydrogen) atoms. The molecular weight excluding hydrogens is 280 g/mol. The molecule has 0 spiro atoms. The second-order valence-electron chi connectivity index (χ2n) is 4.83. The number of anilines is 1. The lowest BCUT2D eigenvalue weighted by molar-refractivity contribution is -0.123. The average molecular weight is 299 g/mol. The molecule has 1 aromatic carbocycles. The van der Waals surface area contributed by atoms with E-state index in [-0.39, 0.29) is 5.91 Å². The lowest BCUT2D eigenvalue weighted by Gasteiger charge is -2.23. The monoisotopic (exact) mass is 298 g/mol. The first-order valence-corrected chi connectivity index (χ1v) is 6.38. The van der Waals surface area contributed by atoms with Crippen molar-refractivity contribution in [1.82, 2.24) is 5.32 Å². The summed E-state index contributed by atoms with van der Waals surface area (Å²) in [6.07, 6.45) is 0. The molecule has 94 valence electrons. The van der Waals surface area contributed by atoms with Crippen LogP contribution < -0.4 is 10.6 Å². The largest absolute Gasteiger partial charge is 0.325 e. The van der Waals surface area contributed by atoms with Gasteiger partial charge in [-0.3, -0.25) is 4.79 Å². The Bertz CT molecular complexity index is 416. The van der Waals surface area contributed by atoms with Crippen LogP contribution in [0.3, 0.4) is 0 Å².